The first-order valence-corrected chi connectivity index (χ1v) is 9.08. The minimum absolute atomic E-state index is 0.103. The van der Waals surface area contributed by atoms with Crippen molar-refractivity contribution in [3.63, 3.8) is 0 Å². The molecule has 0 aliphatic heterocycles. The predicted molar refractivity (Wildman–Crippen MR) is 90.5 cm³/mol. The van der Waals surface area contributed by atoms with E-state index in [2.05, 4.69) is 4.74 Å². The van der Waals surface area contributed by atoms with Crippen LogP contribution in [0.5, 0.6) is 5.75 Å². The van der Waals surface area contributed by atoms with Gasteiger partial charge < -0.3 is 9.47 Å². The summed E-state index contributed by atoms with van der Waals surface area (Å²) in [6, 6.07) is 8.09. The maximum Gasteiger partial charge on any atom is 0.387 e. The molecule has 2 aromatic carbocycles. The van der Waals surface area contributed by atoms with E-state index in [9.17, 15) is 26.8 Å². The van der Waals surface area contributed by atoms with Crippen molar-refractivity contribution in [1.82, 2.24) is 0 Å². The van der Waals surface area contributed by atoms with Crippen molar-refractivity contribution in [2.75, 3.05) is 6.61 Å². The van der Waals surface area contributed by atoms with Gasteiger partial charge in [0.05, 0.1) is 10.6 Å². The van der Waals surface area contributed by atoms with E-state index >= 15 is 0 Å². The molecule has 0 amide bonds. The second kappa shape index (κ2) is 8.42. The SMILES string of the molecule is NS(=O)(=O)c1cc(C(=O)OCC(=O)c2ccc(OC(F)F)cc2)ccc1Cl. The van der Waals surface area contributed by atoms with Crippen molar-refractivity contribution in [1.29, 1.82) is 0 Å². The molecule has 2 N–H and O–H groups in total. The topological polar surface area (TPSA) is 113 Å². The van der Waals surface area contributed by atoms with Crippen LogP contribution in [0.15, 0.2) is 47.4 Å². The lowest BCUT2D eigenvalue weighted by Gasteiger charge is -2.08. The molecule has 0 bridgehead atoms. The van der Waals surface area contributed by atoms with Gasteiger partial charge in [-0.05, 0) is 42.5 Å². The lowest BCUT2D eigenvalue weighted by atomic mass is 10.1. The summed E-state index contributed by atoms with van der Waals surface area (Å²) in [6.45, 7) is -3.64. The highest BCUT2D eigenvalue weighted by atomic mass is 35.5. The van der Waals surface area contributed by atoms with Gasteiger partial charge in [-0.3, -0.25) is 4.79 Å². The summed E-state index contributed by atoms with van der Waals surface area (Å²) in [6.07, 6.45) is 0. The second-order valence-corrected chi connectivity index (χ2v) is 7.03. The molecule has 0 saturated heterocycles. The molecule has 144 valence electrons. The number of halogens is 3. The van der Waals surface area contributed by atoms with E-state index in [4.69, 9.17) is 21.5 Å². The zero-order chi connectivity index (χ0) is 20.2. The van der Waals surface area contributed by atoms with Crippen LogP contribution >= 0.6 is 11.6 Å². The Labute approximate surface area is 157 Å². The predicted octanol–water partition coefficient (Wildman–Crippen LogP) is 2.63. The number of hydrogen-bond acceptors (Lipinski definition) is 6. The van der Waals surface area contributed by atoms with Gasteiger partial charge in [-0.1, -0.05) is 11.6 Å². The number of rotatable bonds is 7. The number of ketones is 1. The van der Waals surface area contributed by atoms with E-state index in [1.165, 1.54) is 30.3 Å². The van der Waals surface area contributed by atoms with Crippen molar-refractivity contribution in [3.05, 3.63) is 58.6 Å². The van der Waals surface area contributed by atoms with Gasteiger partial charge in [0.1, 0.15) is 10.6 Å². The highest BCUT2D eigenvalue weighted by Crippen LogP contribution is 2.22. The number of primary sulfonamides is 1. The molecule has 0 heterocycles. The molecule has 0 aliphatic rings. The number of carbonyl (C=O) groups excluding carboxylic acids is 2. The summed E-state index contributed by atoms with van der Waals surface area (Å²) in [5, 5.41) is 4.82. The summed E-state index contributed by atoms with van der Waals surface area (Å²) in [5.74, 6) is -1.70. The van der Waals surface area contributed by atoms with Gasteiger partial charge in [-0.2, -0.15) is 8.78 Å². The van der Waals surface area contributed by atoms with Crippen LogP contribution in [-0.2, 0) is 14.8 Å². The third-order valence-electron chi connectivity index (χ3n) is 3.21. The molecular weight excluding hydrogens is 408 g/mol. The molecule has 0 fully saturated rings. The third kappa shape index (κ3) is 5.71. The minimum Gasteiger partial charge on any atom is -0.454 e. The number of Topliss-reactive ketones (excluding diaryl/α,β-unsaturated/α-hetero) is 1. The van der Waals surface area contributed by atoms with Crippen molar-refractivity contribution in [2.24, 2.45) is 5.14 Å². The first-order valence-electron chi connectivity index (χ1n) is 7.15. The smallest absolute Gasteiger partial charge is 0.387 e. The number of carbonyl (C=O) groups is 2. The lowest BCUT2D eigenvalue weighted by Crippen LogP contribution is -2.16. The maximum absolute atomic E-state index is 12.1. The summed E-state index contributed by atoms with van der Waals surface area (Å²) in [5.41, 5.74) is -0.0670. The van der Waals surface area contributed by atoms with Crippen LogP contribution in [-0.4, -0.2) is 33.4 Å². The van der Waals surface area contributed by atoms with E-state index in [0.29, 0.717) is 0 Å². The van der Waals surface area contributed by atoms with E-state index in [0.717, 1.165) is 12.1 Å². The van der Waals surface area contributed by atoms with Crippen LogP contribution < -0.4 is 9.88 Å². The quantitative estimate of drug-likeness (QED) is 0.545. The molecule has 7 nitrogen and oxygen atoms in total. The Morgan fingerprint density at radius 3 is 2.22 bits per heavy atom. The second-order valence-electron chi connectivity index (χ2n) is 5.09. The molecule has 2 rings (SSSR count). The average molecular weight is 420 g/mol. The fourth-order valence-electron chi connectivity index (χ4n) is 1.97. The molecule has 27 heavy (non-hydrogen) atoms. The van der Waals surface area contributed by atoms with Crippen molar-refractivity contribution in [3.8, 4) is 5.75 Å². The minimum atomic E-state index is -4.15. The first-order chi connectivity index (χ1) is 12.6. The third-order valence-corrected chi connectivity index (χ3v) is 4.60. The lowest BCUT2D eigenvalue weighted by molar-refractivity contribution is -0.0498. The van der Waals surface area contributed by atoms with E-state index in [-0.39, 0.29) is 21.9 Å². The van der Waals surface area contributed by atoms with E-state index < -0.39 is 39.9 Å². The fourth-order valence-corrected chi connectivity index (χ4v) is 3.04. The molecule has 0 radical (unpaired) electrons. The Bertz CT molecular complexity index is 963. The zero-order valence-corrected chi connectivity index (χ0v) is 15.0. The van der Waals surface area contributed by atoms with Crippen molar-refractivity contribution in [2.45, 2.75) is 11.5 Å². The van der Waals surface area contributed by atoms with Crippen molar-refractivity contribution < 1.29 is 36.3 Å². The standard InChI is InChI=1S/C16H12ClF2NO6S/c17-12-6-3-10(7-14(12)27(20,23)24)15(22)25-8-13(21)9-1-4-11(5-2-9)26-16(18)19/h1-7,16H,8H2,(H2,20,23,24). The molecule has 0 aromatic heterocycles. The number of nitrogens with two attached hydrogens (primary N) is 1. The Hall–Kier alpha value is -2.56. The molecule has 0 aliphatic carbocycles. The number of esters is 1. The highest BCUT2D eigenvalue weighted by Gasteiger charge is 2.18. The van der Waals surface area contributed by atoms with E-state index in [1.54, 1.807) is 0 Å². The van der Waals surface area contributed by atoms with Gasteiger partial charge in [0.25, 0.3) is 0 Å². The molecule has 2 aromatic rings. The molecule has 0 saturated carbocycles. The Balaban J connectivity index is 2.04. The fraction of sp³-hybridized carbons (Fsp3) is 0.125. The number of sulfonamides is 1. The monoisotopic (exact) mass is 419 g/mol. The maximum atomic E-state index is 12.1. The molecule has 11 heteroatoms. The molecule has 0 atom stereocenters. The van der Waals surface area contributed by atoms with Crippen LogP contribution in [0.1, 0.15) is 20.7 Å². The Kier molecular flexibility index (Phi) is 6.47. The summed E-state index contributed by atoms with van der Waals surface area (Å²) in [7, 11) is -4.15. The van der Waals surface area contributed by atoms with Crippen LogP contribution in [0.2, 0.25) is 5.02 Å². The normalized spacial score (nSPS) is 11.3. The van der Waals surface area contributed by atoms with Crippen LogP contribution in [0.3, 0.4) is 0 Å². The first kappa shape index (κ1) is 20.7. The number of ether oxygens (including phenoxy) is 2. The van der Waals surface area contributed by atoms with Gasteiger partial charge in [-0.15, -0.1) is 0 Å². The summed E-state index contributed by atoms with van der Waals surface area (Å²) in [4.78, 5) is 23.5. The molecule has 0 unspecified atom stereocenters. The average Bonchev–Trinajstić information content (AvgIpc) is 2.59. The number of alkyl halides is 2. The van der Waals surface area contributed by atoms with Gasteiger partial charge >= 0.3 is 12.6 Å². The molecule has 0 spiro atoms. The van der Waals surface area contributed by atoms with Crippen LogP contribution in [0.4, 0.5) is 8.78 Å². The highest BCUT2D eigenvalue weighted by molar-refractivity contribution is 7.89. The summed E-state index contributed by atoms with van der Waals surface area (Å²) >= 11 is 5.71. The number of benzene rings is 2. The van der Waals surface area contributed by atoms with Gasteiger partial charge in [-0.25, -0.2) is 18.4 Å². The van der Waals surface area contributed by atoms with Gasteiger partial charge in [0.2, 0.25) is 10.0 Å². The van der Waals surface area contributed by atoms with Crippen molar-refractivity contribution >= 4 is 33.4 Å². The van der Waals surface area contributed by atoms with Gasteiger partial charge in [0, 0.05) is 5.56 Å². The summed E-state index contributed by atoms with van der Waals surface area (Å²) < 4.78 is 55.9. The zero-order valence-electron chi connectivity index (χ0n) is 13.4. The Morgan fingerprint density at radius 2 is 1.67 bits per heavy atom. The van der Waals surface area contributed by atoms with Gasteiger partial charge in [0.15, 0.2) is 12.4 Å². The number of hydrogen-bond donors (Lipinski definition) is 1. The Morgan fingerprint density at radius 1 is 1.07 bits per heavy atom. The van der Waals surface area contributed by atoms with E-state index in [1.807, 2.05) is 0 Å². The molecular formula is C16H12ClF2NO6S. The van der Waals surface area contributed by atoms with Crippen LogP contribution in [0.25, 0.3) is 0 Å². The van der Waals surface area contributed by atoms with Crippen LogP contribution in [0, 0.1) is 0 Å². The largest absolute Gasteiger partial charge is 0.454 e.